The minimum Gasteiger partial charge on any atom is -0.369 e. The van der Waals surface area contributed by atoms with E-state index in [2.05, 4.69) is 34.4 Å². The van der Waals surface area contributed by atoms with Crippen molar-refractivity contribution < 1.29 is 0 Å². The van der Waals surface area contributed by atoms with E-state index < -0.39 is 0 Å². The number of anilines is 1. The number of likely N-dealkylation sites (N-methyl/N-ethyl adjacent to an activating group) is 1. The first kappa shape index (κ1) is 18.4. The Hall–Kier alpha value is -0.590. The van der Waals surface area contributed by atoms with Crippen molar-refractivity contribution in [1.29, 1.82) is 0 Å². The fourth-order valence-corrected chi connectivity index (χ4v) is 2.11. The number of aromatic nitrogens is 2. The molecule has 0 saturated heterocycles. The van der Waals surface area contributed by atoms with Gasteiger partial charge < -0.3 is 15.2 Å². The number of rotatable bonds is 5. The molecule has 2 aromatic rings. The van der Waals surface area contributed by atoms with Crippen LogP contribution in [0.5, 0.6) is 0 Å². The van der Waals surface area contributed by atoms with Crippen molar-refractivity contribution in [2.24, 2.45) is 0 Å². The fourth-order valence-electron chi connectivity index (χ4n) is 2.11. The van der Waals surface area contributed by atoms with Crippen LogP contribution in [0.3, 0.4) is 0 Å². The van der Waals surface area contributed by atoms with Gasteiger partial charge in [-0.15, -0.1) is 34.0 Å². The first-order valence-corrected chi connectivity index (χ1v) is 6.19. The molecule has 1 heterocycles. The molecule has 0 fully saturated rings. The molecule has 0 bridgehead atoms. The van der Waals surface area contributed by atoms with Crippen LogP contribution >= 0.6 is 34.0 Å². The minimum atomic E-state index is 0. The Kier molecular flexibility index (Phi) is 8.29. The van der Waals surface area contributed by atoms with Crippen molar-refractivity contribution in [1.82, 2.24) is 14.5 Å². The van der Waals surface area contributed by atoms with Crippen LogP contribution in [0.1, 0.15) is 13.8 Å². The maximum atomic E-state index is 5.96. The summed E-state index contributed by atoms with van der Waals surface area (Å²) in [6.07, 6.45) is 0. The number of halogens is 2. The summed E-state index contributed by atoms with van der Waals surface area (Å²) >= 11 is 0. The number of imidazole rings is 1. The maximum absolute atomic E-state index is 5.96. The van der Waals surface area contributed by atoms with E-state index in [0.717, 1.165) is 37.2 Å². The summed E-state index contributed by atoms with van der Waals surface area (Å²) in [5.74, 6) is 0.610. The molecule has 4 nitrogen and oxygen atoms in total. The number of hydrogen-bond acceptors (Lipinski definition) is 3. The highest BCUT2D eigenvalue weighted by Gasteiger charge is 2.08. The SMILES string of the molecule is Br.Br.CCN(CC)CCn1c(N)nc2ccccc21. The third-order valence-corrected chi connectivity index (χ3v) is 3.22. The Balaban J connectivity index is 0.00000162. The van der Waals surface area contributed by atoms with Gasteiger partial charge in [-0.1, -0.05) is 26.0 Å². The number of nitrogens with two attached hydrogens (primary N) is 1. The molecule has 19 heavy (non-hydrogen) atoms. The van der Waals surface area contributed by atoms with Crippen molar-refractivity contribution >= 4 is 50.9 Å². The van der Waals surface area contributed by atoms with E-state index in [1.807, 2.05) is 18.2 Å². The summed E-state index contributed by atoms with van der Waals surface area (Å²) in [6, 6.07) is 8.08. The van der Waals surface area contributed by atoms with E-state index in [4.69, 9.17) is 5.73 Å². The maximum Gasteiger partial charge on any atom is 0.201 e. The lowest BCUT2D eigenvalue weighted by molar-refractivity contribution is 0.292. The lowest BCUT2D eigenvalue weighted by atomic mass is 10.3. The smallest absolute Gasteiger partial charge is 0.201 e. The molecule has 0 aliphatic rings. The third-order valence-electron chi connectivity index (χ3n) is 3.22. The summed E-state index contributed by atoms with van der Waals surface area (Å²) in [5, 5.41) is 0. The van der Waals surface area contributed by atoms with Gasteiger partial charge in [0.15, 0.2) is 0 Å². The minimum absolute atomic E-state index is 0. The van der Waals surface area contributed by atoms with E-state index in [1.165, 1.54) is 0 Å². The molecule has 0 saturated carbocycles. The Morgan fingerprint density at radius 1 is 1.16 bits per heavy atom. The zero-order valence-corrected chi connectivity index (χ0v) is 14.8. The molecule has 0 amide bonds. The molecule has 2 N–H and O–H groups in total. The third kappa shape index (κ3) is 4.19. The van der Waals surface area contributed by atoms with Crippen LogP contribution in [-0.4, -0.2) is 34.1 Å². The van der Waals surface area contributed by atoms with Crippen LogP contribution in [0, 0.1) is 0 Å². The Morgan fingerprint density at radius 3 is 2.42 bits per heavy atom. The molecular formula is C13H22Br2N4. The number of benzene rings is 1. The van der Waals surface area contributed by atoms with Gasteiger partial charge in [0.25, 0.3) is 0 Å². The number of nitrogens with zero attached hydrogens (tertiary/aromatic N) is 3. The second-order valence-corrected chi connectivity index (χ2v) is 4.14. The summed E-state index contributed by atoms with van der Waals surface area (Å²) < 4.78 is 2.09. The summed E-state index contributed by atoms with van der Waals surface area (Å²) in [7, 11) is 0. The highest BCUT2D eigenvalue weighted by atomic mass is 79.9. The number of para-hydroxylation sites is 2. The van der Waals surface area contributed by atoms with E-state index in [9.17, 15) is 0 Å². The van der Waals surface area contributed by atoms with Gasteiger partial charge in [0.05, 0.1) is 11.0 Å². The first-order valence-electron chi connectivity index (χ1n) is 6.19. The average molecular weight is 394 g/mol. The Labute approximate surface area is 135 Å². The number of hydrogen-bond donors (Lipinski definition) is 1. The van der Waals surface area contributed by atoms with Crippen molar-refractivity contribution in [3.8, 4) is 0 Å². The van der Waals surface area contributed by atoms with Crippen LogP contribution in [0.25, 0.3) is 11.0 Å². The molecule has 0 unspecified atom stereocenters. The lowest BCUT2D eigenvalue weighted by Gasteiger charge is -2.18. The fraction of sp³-hybridized carbons (Fsp3) is 0.462. The van der Waals surface area contributed by atoms with Gasteiger partial charge in [0.2, 0.25) is 5.95 Å². The molecule has 0 spiro atoms. The molecule has 0 atom stereocenters. The van der Waals surface area contributed by atoms with Crippen molar-refractivity contribution in [3.63, 3.8) is 0 Å². The number of fused-ring (bicyclic) bond motifs is 1. The molecular weight excluding hydrogens is 372 g/mol. The van der Waals surface area contributed by atoms with E-state index in [0.29, 0.717) is 5.95 Å². The molecule has 2 rings (SSSR count). The van der Waals surface area contributed by atoms with Gasteiger partial charge in [-0.3, -0.25) is 0 Å². The molecule has 0 radical (unpaired) electrons. The topological polar surface area (TPSA) is 47.1 Å². The van der Waals surface area contributed by atoms with Crippen molar-refractivity contribution in [3.05, 3.63) is 24.3 Å². The van der Waals surface area contributed by atoms with Crippen LogP contribution < -0.4 is 5.73 Å². The Bertz CT molecular complexity index is 494. The highest BCUT2D eigenvalue weighted by Crippen LogP contribution is 2.17. The van der Waals surface area contributed by atoms with Crippen LogP contribution in [0.4, 0.5) is 5.95 Å². The second kappa shape index (κ2) is 8.55. The van der Waals surface area contributed by atoms with Gasteiger partial charge in [0.1, 0.15) is 0 Å². The van der Waals surface area contributed by atoms with Gasteiger partial charge in [-0.05, 0) is 25.2 Å². The van der Waals surface area contributed by atoms with Gasteiger partial charge in [-0.25, -0.2) is 4.98 Å². The quantitative estimate of drug-likeness (QED) is 0.848. The molecule has 0 aliphatic heterocycles. The average Bonchev–Trinajstić information content (AvgIpc) is 2.67. The molecule has 1 aromatic heterocycles. The van der Waals surface area contributed by atoms with Crippen LogP contribution in [-0.2, 0) is 6.54 Å². The predicted molar refractivity (Wildman–Crippen MR) is 92.6 cm³/mol. The summed E-state index contributed by atoms with van der Waals surface area (Å²) in [6.45, 7) is 8.41. The normalized spacial score (nSPS) is 10.3. The largest absolute Gasteiger partial charge is 0.369 e. The second-order valence-electron chi connectivity index (χ2n) is 4.14. The monoisotopic (exact) mass is 392 g/mol. The van der Waals surface area contributed by atoms with Gasteiger partial charge >= 0.3 is 0 Å². The number of nitrogen functional groups attached to an aromatic ring is 1. The predicted octanol–water partition coefficient (Wildman–Crippen LogP) is 3.12. The first-order chi connectivity index (χ1) is 8.26. The highest BCUT2D eigenvalue weighted by molar-refractivity contribution is 8.93. The van der Waals surface area contributed by atoms with Gasteiger partial charge in [-0.2, -0.15) is 0 Å². The molecule has 108 valence electrons. The summed E-state index contributed by atoms with van der Waals surface area (Å²) in [4.78, 5) is 6.75. The van der Waals surface area contributed by atoms with Crippen molar-refractivity contribution in [2.75, 3.05) is 25.4 Å². The standard InChI is InChI=1S/C13H20N4.2BrH/c1-3-16(4-2)9-10-17-12-8-6-5-7-11(12)15-13(17)14;;/h5-8H,3-4,9-10H2,1-2H3,(H2,14,15);2*1H. The van der Waals surface area contributed by atoms with E-state index in [1.54, 1.807) is 0 Å². The molecule has 0 aliphatic carbocycles. The lowest BCUT2D eigenvalue weighted by Crippen LogP contribution is -2.27. The van der Waals surface area contributed by atoms with Crippen molar-refractivity contribution in [2.45, 2.75) is 20.4 Å². The summed E-state index contributed by atoms with van der Waals surface area (Å²) in [5.41, 5.74) is 8.05. The zero-order valence-electron chi connectivity index (χ0n) is 11.4. The van der Waals surface area contributed by atoms with Gasteiger partial charge in [0, 0.05) is 13.1 Å². The van der Waals surface area contributed by atoms with E-state index in [-0.39, 0.29) is 34.0 Å². The zero-order chi connectivity index (χ0) is 12.3. The van der Waals surface area contributed by atoms with Crippen LogP contribution in [0.2, 0.25) is 0 Å². The molecule has 6 heteroatoms. The Morgan fingerprint density at radius 2 is 1.79 bits per heavy atom. The molecule has 1 aromatic carbocycles. The van der Waals surface area contributed by atoms with Crippen LogP contribution in [0.15, 0.2) is 24.3 Å². The van der Waals surface area contributed by atoms with E-state index >= 15 is 0 Å².